The van der Waals surface area contributed by atoms with Crippen molar-refractivity contribution in [3.8, 4) is 5.69 Å². The molecular weight excluding hydrogens is 368 g/mol. The molecule has 1 aromatic carbocycles. The van der Waals surface area contributed by atoms with Crippen LogP contribution < -0.4 is 5.32 Å². The Labute approximate surface area is 171 Å². The summed E-state index contributed by atoms with van der Waals surface area (Å²) in [6, 6.07) is 6.57. The molecule has 6 heteroatoms. The van der Waals surface area contributed by atoms with Crippen molar-refractivity contribution in [1.29, 1.82) is 0 Å². The summed E-state index contributed by atoms with van der Waals surface area (Å²) in [6.45, 7) is 8.31. The van der Waals surface area contributed by atoms with Crippen molar-refractivity contribution >= 4 is 17.7 Å². The zero-order valence-electron chi connectivity index (χ0n) is 17.2. The smallest absolute Gasteiger partial charge is 0.233 e. The molecule has 0 spiro atoms. The van der Waals surface area contributed by atoms with Gasteiger partial charge in [-0.05, 0) is 76.3 Å². The predicted octanol–water partition coefficient (Wildman–Crippen LogP) is 4.31. The lowest BCUT2D eigenvalue weighted by Crippen LogP contribution is -2.43. The van der Waals surface area contributed by atoms with Gasteiger partial charge >= 0.3 is 0 Å². The fraction of sp³-hybridized carbons (Fsp3) is 0.591. The van der Waals surface area contributed by atoms with Crippen LogP contribution in [0.3, 0.4) is 0 Å². The first-order chi connectivity index (χ1) is 13.4. The molecule has 2 bridgehead atoms. The van der Waals surface area contributed by atoms with E-state index >= 15 is 0 Å². The van der Waals surface area contributed by atoms with E-state index in [0.29, 0.717) is 5.92 Å². The number of benzene rings is 1. The Bertz CT molecular complexity index is 864. The predicted molar refractivity (Wildman–Crippen MR) is 113 cm³/mol. The molecule has 0 aliphatic heterocycles. The fourth-order valence-electron chi connectivity index (χ4n) is 5.11. The Kier molecular flexibility index (Phi) is 5.50. The Hall–Kier alpha value is -1.82. The normalized spacial score (nSPS) is 25.6. The Morgan fingerprint density at radius 2 is 2.07 bits per heavy atom. The Morgan fingerprint density at radius 1 is 1.25 bits per heavy atom. The quantitative estimate of drug-likeness (QED) is 0.737. The number of amides is 1. The Balaban J connectivity index is 1.40. The monoisotopic (exact) mass is 398 g/mol. The average Bonchev–Trinajstić information content (AvgIpc) is 3.38. The van der Waals surface area contributed by atoms with Crippen LogP contribution in [0.15, 0.2) is 29.7 Å². The van der Waals surface area contributed by atoms with Crippen molar-refractivity contribution in [2.45, 2.75) is 69.8 Å². The molecule has 0 unspecified atom stereocenters. The number of carbonyl (C=O) groups excluding carboxylic acids is 1. The second kappa shape index (κ2) is 7.90. The van der Waals surface area contributed by atoms with Crippen molar-refractivity contribution in [2.24, 2.45) is 17.8 Å². The molecule has 2 aromatic rings. The van der Waals surface area contributed by atoms with Gasteiger partial charge in [0.05, 0.1) is 10.9 Å². The van der Waals surface area contributed by atoms with Crippen LogP contribution in [-0.4, -0.2) is 32.0 Å². The van der Waals surface area contributed by atoms with E-state index in [1.165, 1.54) is 48.6 Å². The molecule has 150 valence electrons. The molecule has 28 heavy (non-hydrogen) atoms. The largest absolute Gasteiger partial charge is 0.352 e. The average molecular weight is 399 g/mol. The molecule has 2 aliphatic rings. The molecular formula is C22H30N4OS. The zero-order valence-corrected chi connectivity index (χ0v) is 18.0. The third-order valence-electron chi connectivity index (χ3n) is 6.58. The maximum Gasteiger partial charge on any atom is 0.233 e. The topological polar surface area (TPSA) is 59.8 Å². The van der Waals surface area contributed by atoms with Crippen LogP contribution >= 0.6 is 11.8 Å². The van der Waals surface area contributed by atoms with Crippen LogP contribution in [0.1, 0.15) is 50.7 Å². The number of nitrogens with zero attached hydrogens (tertiary/aromatic N) is 3. The van der Waals surface area contributed by atoms with Crippen molar-refractivity contribution in [1.82, 2.24) is 20.1 Å². The van der Waals surface area contributed by atoms with Crippen LogP contribution in [0.2, 0.25) is 0 Å². The number of fused-ring (bicyclic) bond motifs is 2. The van der Waals surface area contributed by atoms with Crippen molar-refractivity contribution in [2.75, 3.05) is 0 Å². The maximum absolute atomic E-state index is 12.8. The SMILES string of the molecule is Cc1ccc(-n2cnnc2S[C@H](C)C(=O)N[C@@H](C)[C@H]2C[C@H]3CC[C@H]2C3)c(C)c1. The number of hydrogen-bond donors (Lipinski definition) is 1. The number of aromatic nitrogens is 3. The first-order valence-corrected chi connectivity index (χ1v) is 11.2. The van der Waals surface area contributed by atoms with E-state index in [0.717, 1.165) is 22.7 Å². The van der Waals surface area contributed by atoms with Gasteiger partial charge < -0.3 is 5.32 Å². The number of thioether (sulfide) groups is 1. The molecule has 0 radical (unpaired) electrons. The number of aryl methyl sites for hydroxylation is 2. The number of carbonyl (C=O) groups is 1. The van der Waals surface area contributed by atoms with E-state index in [4.69, 9.17) is 0 Å². The molecule has 2 aliphatic carbocycles. The third-order valence-corrected chi connectivity index (χ3v) is 7.64. The number of nitrogens with one attached hydrogen (secondary N) is 1. The van der Waals surface area contributed by atoms with E-state index in [1.54, 1.807) is 6.33 Å². The van der Waals surface area contributed by atoms with Gasteiger partial charge in [-0.3, -0.25) is 9.36 Å². The molecule has 1 amide bonds. The van der Waals surface area contributed by atoms with Crippen LogP contribution in [-0.2, 0) is 4.79 Å². The molecule has 5 nitrogen and oxygen atoms in total. The van der Waals surface area contributed by atoms with E-state index < -0.39 is 0 Å². The number of rotatable bonds is 6. The highest BCUT2D eigenvalue weighted by Crippen LogP contribution is 2.49. The highest BCUT2D eigenvalue weighted by molar-refractivity contribution is 8.00. The van der Waals surface area contributed by atoms with Crippen LogP contribution in [0.25, 0.3) is 5.69 Å². The van der Waals surface area contributed by atoms with Crippen LogP contribution in [0.4, 0.5) is 0 Å². The summed E-state index contributed by atoms with van der Waals surface area (Å²) in [5, 5.41) is 12.2. The Morgan fingerprint density at radius 3 is 2.75 bits per heavy atom. The third kappa shape index (κ3) is 3.84. The van der Waals surface area contributed by atoms with Gasteiger partial charge in [0.25, 0.3) is 0 Å². The summed E-state index contributed by atoms with van der Waals surface area (Å²) in [5.74, 6) is 2.46. The van der Waals surface area contributed by atoms with E-state index in [9.17, 15) is 4.79 Å². The van der Waals surface area contributed by atoms with Gasteiger partial charge in [-0.15, -0.1) is 10.2 Å². The van der Waals surface area contributed by atoms with Gasteiger partial charge in [0, 0.05) is 6.04 Å². The van der Waals surface area contributed by atoms with Gasteiger partial charge in [-0.1, -0.05) is 35.9 Å². The minimum atomic E-state index is -0.213. The molecule has 2 fully saturated rings. The lowest BCUT2D eigenvalue weighted by molar-refractivity contribution is -0.121. The standard InChI is InChI=1S/C22H30N4OS/c1-13-5-8-20(14(2)9-13)26-12-23-25-22(26)28-16(4)21(27)24-15(3)19-11-17-6-7-18(19)10-17/h5,8-9,12,15-19H,6-7,10-11H2,1-4H3,(H,24,27)/t15-,16+,17-,18-,19+/m0/s1. The lowest BCUT2D eigenvalue weighted by Gasteiger charge is -2.29. The molecule has 1 heterocycles. The second-order valence-corrected chi connectivity index (χ2v) is 9.98. The van der Waals surface area contributed by atoms with Crippen molar-refractivity contribution in [3.63, 3.8) is 0 Å². The van der Waals surface area contributed by atoms with Crippen molar-refractivity contribution < 1.29 is 4.79 Å². The molecule has 2 saturated carbocycles. The molecule has 1 N–H and O–H groups in total. The highest BCUT2D eigenvalue weighted by atomic mass is 32.2. The van der Waals surface area contributed by atoms with E-state index in [-0.39, 0.29) is 17.2 Å². The zero-order chi connectivity index (χ0) is 19.8. The van der Waals surface area contributed by atoms with Gasteiger partial charge in [0.2, 0.25) is 5.91 Å². The van der Waals surface area contributed by atoms with E-state index in [2.05, 4.69) is 54.5 Å². The maximum atomic E-state index is 12.8. The summed E-state index contributed by atoms with van der Waals surface area (Å²) in [5.41, 5.74) is 3.45. The summed E-state index contributed by atoms with van der Waals surface area (Å²) < 4.78 is 1.97. The summed E-state index contributed by atoms with van der Waals surface area (Å²) in [7, 11) is 0. The minimum Gasteiger partial charge on any atom is -0.352 e. The highest BCUT2D eigenvalue weighted by Gasteiger charge is 2.42. The molecule has 1 aromatic heterocycles. The fourth-order valence-corrected chi connectivity index (χ4v) is 5.96. The van der Waals surface area contributed by atoms with Crippen LogP contribution in [0.5, 0.6) is 0 Å². The summed E-state index contributed by atoms with van der Waals surface area (Å²) >= 11 is 1.47. The molecule has 4 rings (SSSR count). The lowest BCUT2D eigenvalue weighted by atomic mass is 9.84. The molecule has 0 saturated heterocycles. The minimum absolute atomic E-state index is 0.0930. The van der Waals surface area contributed by atoms with Gasteiger partial charge in [-0.2, -0.15) is 0 Å². The van der Waals surface area contributed by atoms with Gasteiger partial charge in [0.15, 0.2) is 5.16 Å². The first kappa shape index (κ1) is 19.5. The molecule has 5 atom stereocenters. The summed E-state index contributed by atoms with van der Waals surface area (Å²) in [6.07, 6.45) is 7.12. The summed E-state index contributed by atoms with van der Waals surface area (Å²) in [4.78, 5) is 12.8. The van der Waals surface area contributed by atoms with Gasteiger partial charge in [-0.25, -0.2) is 0 Å². The van der Waals surface area contributed by atoms with E-state index in [1.807, 2.05) is 11.5 Å². The number of hydrogen-bond acceptors (Lipinski definition) is 4. The van der Waals surface area contributed by atoms with Crippen LogP contribution in [0, 0.1) is 31.6 Å². The first-order valence-electron chi connectivity index (χ1n) is 10.4. The second-order valence-electron chi connectivity index (χ2n) is 8.67. The van der Waals surface area contributed by atoms with Crippen molar-refractivity contribution in [3.05, 3.63) is 35.7 Å². The van der Waals surface area contributed by atoms with Gasteiger partial charge in [0.1, 0.15) is 6.33 Å².